The smallest absolute Gasteiger partial charge is 0.226 e. The number of likely N-dealkylation sites (N-methyl/N-ethyl adjacent to an activating group) is 1. The van der Waals surface area contributed by atoms with Crippen molar-refractivity contribution in [3.63, 3.8) is 0 Å². The second-order valence-electron chi connectivity index (χ2n) is 6.17. The summed E-state index contributed by atoms with van der Waals surface area (Å²) in [5.74, 6) is 0.236. The number of amides is 1. The average molecular weight is 300 g/mol. The molecule has 0 saturated heterocycles. The summed E-state index contributed by atoms with van der Waals surface area (Å²) in [5, 5.41) is 18.9. The molecule has 2 unspecified atom stereocenters. The summed E-state index contributed by atoms with van der Waals surface area (Å²) in [5.41, 5.74) is 1.84. The SMILES string of the molecule is CN(CC1CCCCC1O)C(=O)Cc1ccccc1CC#N. The maximum absolute atomic E-state index is 12.4. The Kier molecular flexibility index (Phi) is 5.97. The Bertz CT molecular complexity index is 550. The van der Waals surface area contributed by atoms with Crippen molar-refractivity contribution in [1.82, 2.24) is 4.90 Å². The van der Waals surface area contributed by atoms with Gasteiger partial charge in [0, 0.05) is 19.5 Å². The number of carbonyl (C=O) groups excluding carboxylic acids is 1. The number of aliphatic hydroxyl groups is 1. The minimum absolute atomic E-state index is 0.0446. The highest BCUT2D eigenvalue weighted by molar-refractivity contribution is 5.79. The van der Waals surface area contributed by atoms with E-state index in [1.54, 1.807) is 11.9 Å². The van der Waals surface area contributed by atoms with Crippen LogP contribution in [0.15, 0.2) is 24.3 Å². The van der Waals surface area contributed by atoms with Crippen molar-refractivity contribution in [2.75, 3.05) is 13.6 Å². The Morgan fingerprint density at radius 2 is 2.00 bits per heavy atom. The maximum atomic E-state index is 12.4. The number of carbonyl (C=O) groups is 1. The van der Waals surface area contributed by atoms with Gasteiger partial charge in [0.1, 0.15) is 0 Å². The van der Waals surface area contributed by atoms with Gasteiger partial charge in [0.2, 0.25) is 5.91 Å². The molecule has 118 valence electrons. The fourth-order valence-electron chi connectivity index (χ4n) is 3.14. The summed E-state index contributed by atoms with van der Waals surface area (Å²) < 4.78 is 0. The second-order valence-corrected chi connectivity index (χ2v) is 6.17. The second kappa shape index (κ2) is 7.95. The first kappa shape index (κ1) is 16.5. The van der Waals surface area contributed by atoms with Crippen LogP contribution in [0.3, 0.4) is 0 Å². The van der Waals surface area contributed by atoms with Crippen LogP contribution in [0, 0.1) is 17.2 Å². The van der Waals surface area contributed by atoms with E-state index in [1.807, 2.05) is 24.3 Å². The van der Waals surface area contributed by atoms with E-state index in [9.17, 15) is 9.90 Å². The standard InChI is InChI=1S/C18H24N2O2/c1-20(13-16-8-4-5-9-17(16)21)18(22)12-15-7-3-2-6-14(15)10-11-19/h2-3,6-7,16-17,21H,4-5,8-10,12-13H2,1H3. The maximum Gasteiger partial charge on any atom is 0.226 e. The molecule has 2 rings (SSSR count). The van der Waals surface area contributed by atoms with Crippen LogP contribution in [0.25, 0.3) is 0 Å². The van der Waals surface area contributed by atoms with Crippen LogP contribution < -0.4 is 0 Å². The molecule has 1 aliphatic rings. The number of aliphatic hydroxyl groups excluding tert-OH is 1. The van der Waals surface area contributed by atoms with Crippen molar-refractivity contribution in [2.24, 2.45) is 5.92 Å². The monoisotopic (exact) mass is 300 g/mol. The van der Waals surface area contributed by atoms with Gasteiger partial charge in [-0.05, 0) is 24.0 Å². The molecule has 2 atom stereocenters. The minimum atomic E-state index is -0.283. The quantitative estimate of drug-likeness (QED) is 0.907. The Hall–Kier alpha value is -1.86. The first-order chi connectivity index (χ1) is 10.6. The topological polar surface area (TPSA) is 64.3 Å². The van der Waals surface area contributed by atoms with E-state index < -0.39 is 0 Å². The third kappa shape index (κ3) is 4.32. The molecule has 0 spiro atoms. The van der Waals surface area contributed by atoms with Crippen LogP contribution in [-0.4, -0.2) is 35.6 Å². The number of rotatable bonds is 5. The fraction of sp³-hybridized carbons (Fsp3) is 0.556. The minimum Gasteiger partial charge on any atom is -0.393 e. The lowest BCUT2D eigenvalue weighted by Gasteiger charge is -2.31. The number of hydrogen-bond acceptors (Lipinski definition) is 3. The number of nitrogens with zero attached hydrogens (tertiary/aromatic N) is 2. The molecule has 1 fully saturated rings. The molecule has 1 aromatic carbocycles. The lowest BCUT2D eigenvalue weighted by atomic mass is 9.86. The summed E-state index contributed by atoms with van der Waals surface area (Å²) in [4.78, 5) is 14.1. The molecule has 0 heterocycles. The molecule has 4 heteroatoms. The Labute approximate surface area is 132 Å². The van der Waals surface area contributed by atoms with E-state index in [4.69, 9.17) is 5.26 Å². The molecule has 1 aliphatic carbocycles. The zero-order valence-electron chi connectivity index (χ0n) is 13.2. The van der Waals surface area contributed by atoms with Crippen LogP contribution in [0.2, 0.25) is 0 Å². The van der Waals surface area contributed by atoms with Crippen LogP contribution in [-0.2, 0) is 17.6 Å². The van der Waals surface area contributed by atoms with Gasteiger partial charge in [-0.3, -0.25) is 4.79 Å². The van der Waals surface area contributed by atoms with Gasteiger partial charge in [0.05, 0.1) is 25.0 Å². The van der Waals surface area contributed by atoms with E-state index in [0.717, 1.165) is 36.8 Å². The van der Waals surface area contributed by atoms with Crippen molar-refractivity contribution >= 4 is 5.91 Å². The predicted octanol–water partition coefficient (Wildman–Crippen LogP) is 2.30. The summed E-state index contributed by atoms with van der Waals surface area (Å²) in [6.07, 6.45) is 4.41. The highest BCUT2D eigenvalue weighted by atomic mass is 16.3. The van der Waals surface area contributed by atoms with Gasteiger partial charge in [-0.1, -0.05) is 37.1 Å². The van der Waals surface area contributed by atoms with Crippen molar-refractivity contribution in [2.45, 2.75) is 44.6 Å². The molecule has 1 N–H and O–H groups in total. The number of hydrogen-bond donors (Lipinski definition) is 1. The van der Waals surface area contributed by atoms with E-state index in [-0.39, 0.29) is 17.9 Å². The van der Waals surface area contributed by atoms with Crippen LogP contribution in [0.4, 0.5) is 0 Å². The van der Waals surface area contributed by atoms with E-state index >= 15 is 0 Å². The summed E-state index contributed by atoms with van der Waals surface area (Å²) >= 11 is 0. The molecule has 0 radical (unpaired) electrons. The number of nitriles is 1. The Morgan fingerprint density at radius 1 is 1.32 bits per heavy atom. The lowest BCUT2D eigenvalue weighted by Crippen LogP contribution is -2.38. The van der Waals surface area contributed by atoms with E-state index in [0.29, 0.717) is 19.4 Å². The van der Waals surface area contributed by atoms with Crippen LogP contribution >= 0.6 is 0 Å². The van der Waals surface area contributed by atoms with Gasteiger partial charge in [-0.2, -0.15) is 5.26 Å². The summed E-state index contributed by atoms with van der Waals surface area (Å²) in [7, 11) is 1.80. The average Bonchev–Trinajstić information content (AvgIpc) is 2.51. The highest BCUT2D eigenvalue weighted by Crippen LogP contribution is 2.25. The molecule has 4 nitrogen and oxygen atoms in total. The first-order valence-corrected chi connectivity index (χ1v) is 7.97. The van der Waals surface area contributed by atoms with Crippen molar-refractivity contribution < 1.29 is 9.90 Å². The lowest BCUT2D eigenvalue weighted by molar-refractivity contribution is -0.130. The van der Waals surface area contributed by atoms with Gasteiger partial charge in [-0.25, -0.2) is 0 Å². The number of benzene rings is 1. The van der Waals surface area contributed by atoms with Crippen molar-refractivity contribution in [1.29, 1.82) is 5.26 Å². The Balaban J connectivity index is 1.95. The van der Waals surface area contributed by atoms with Crippen LogP contribution in [0.5, 0.6) is 0 Å². The van der Waals surface area contributed by atoms with E-state index in [1.165, 1.54) is 0 Å². The molecular formula is C18H24N2O2. The van der Waals surface area contributed by atoms with Gasteiger partial charge in [0.25, 0.3) is 0 Å². The predicted molar refractivity (Wildman–Crippen MR) is 85.1 cm³/mol. The Morgan fingerprint density at radius 3 is 2.68 bits per heavy atom. The van der Waals surface area contributed by atoms with Gasteiger partial charge < -0.3 is 10.0 Å². The summed E-state index contributed by atoms with van der Waals surface area (Å²) in [6.45, 7) is 0.612. The molecule has 0 aliphatic heterocycles. The first-order valence-electron chi connectivity index (χ1n) is 7.97. The highest BCUT2D eigenvalue weighted by Gasteiger charge is 2.25. The largest absolute Gasteiger partial charge is 0.393 e. The van der Waals surface area contributed by atoms with Gasteiger partial charge >= 0.3 is 0 Å². The third-order valence-corrected chi connectivity index (χ3v) is 4.53. The van der Waals surface area contributed by atoms with E-state index in [2.05, 4.69) is 6.07 Å². The van der Waals surface area contributed by atoms with Gasteiger partial charge in [0.15, 0.2) is 0 Å². The normalized spacial score (nSPS) is 21.1. The fourth-order valence-corrected chi connectivity index (χ4v) is 3.14. The molecular weight excluding hydrogens is 276 g/mol. The third-order valence-electron chi connectivity index (χ3n) is 4.53. The molecule has 0 aromatic heterocycles. The molecule has 0 bridgehead atoms. The summed E-state index contributed by atoms with van der Waals surface area (Å²) in [6, 6.07) is 9.74. The van der Waals surface area contributed by atoms with Crippen molar-refractivity contribution in [3.8, 4) is 6.07 Å². The molecule has 1 aromatic rings. The zero-order chi connectivity index (χ0) is 15.9. The molecule has 1 saturated carbocycles. The molecule has 1 amide bonds. The molecule has 22 heavy (non-hydrogen) atoms. The van der Waals surface area contributed by atoms with Crippen molar-refractivity contribution in [3.05, 3.63) is 35.4 Å². The zero-order valence-corrected chi connectivity index (χ0v) is 13.2. The van der Waals surface area contributed by atoms with Crippen LogP contribution in [0.1, 0.15) is 36.8 Å². The van der Waals surface area contributed by atoms with Gasteiger partial charge in [-0.15, -0.1) is 0 Å².